The van der Waals surface area contributed by atoms with Crippen molar-refractivity contribution in [3.63, 3.8) is 0 Å². The second-order valence-corrected chi connectivity index (χ2v) is 7.29. The summed E-state index contributed by atoms with van der Waals surface area (Å²) in [5, 5.41) is 9.42. The van der Waals surface area contributed by atoms with Crippen molar-refractivity contribution in [2.24, 2.45) is 0 Å². The number of aromatic nitrogens is 1. The van der Waals surface area contributed by atoms with Gasteiger partial charge in [-0.1, -0.05) is 25.1 Å². The summed E-state index contributed by atoms with van der Waals surface area (Å²) in [7, 11) is 3.18. The number of nitriles is 1. The highest BCUT2D eigenvalue weighted by Gasteiger charge is 2.18. The van der Waals surface area contributed by atoms with Gasteiger partial charge in [-0.15, -0.1) is 0 Å². The number of methoxy groups -OCH3 is 1. The molecule has 0 radical (unpaired) electrons. The molecule has 0 saturated carbocycles. The standard InChI is InChI=1S/C24H29N3O4/c1-6-11-27-17(2)12-20(18(27)3)13-21(14-25)24(29)31-16-23(28)26(4)15-19-9-7-8-10-22(19)30-5/h7-10,12-13H,6,11,15-16H2,1-5H3/b21-13+. The Kier molecular flexibility index (Phi) is 8.44. The molecular weight excluding hydrogens is 394 g/mol. The van der Waals surface area contributed by atoms with Crippen molar-refractivity contribution in [2.75, 3.05) is 20.8 Å². The van der Waals surface area contributed by atoms with Crippen molar-refractivity contribution in [3.05, 3.63) is 58.4 Å². The van der Waals surface area contributed by atoms with Crippen molar-refractivity contribution in [2.45, 2.75) is 40.3 Å². The van der Waals surface area contributed by atoms with Gasteiger partial charge in [0.15, 0.2) is 6.61 Å². The van der Waals surface area contributed by atoms with Gasteiger partial charge < -0.3 is 18.9 Å². The highest BCUT2D eigenvalue weighted by atomic mass is 16.5. The number of ether oxygens (including phenoxy) is 2. The van der Waals surface area contributed by atoms with Gasteiger partial charge >= 0.3 is 5.97 Å². The van der Waals surface area contributed by atoms with E-state index in [-0.39, 0.29) is 11.5 Å². The molecule has 1 heterocycles. The van der Waals surface area contributed by atoms with Crippen molar-refractivity contribution in [1.82, 2.24) is 9.47 Å². The van der Waals surface area contributed by atoms with Crippen molar-refractivity contribution < 1.29 is 19.1 Å². The minimum Gasteiger partial charge on any atom is -0.496 e. The Balaban J connectivity index is 2.03. The predicted octanol–water partition coefficient (Wildman–Crippen LogP) is 3.63. The summed E-state index contributed by atoms with van der Waals surface area (Å²) in [5.74, 6) is -0.519. The van der Waals surface area contributed by atoms with Crippen LogP contribution in [-0.2, 0) is 27.4 Å². The largest absolute Gasteiger partial charge is 0.496 e. The second-order valence-electron chi connectivity index (χ2n) is 7.29. The Morgan fingerprint density at radius 1 is 1.26 bits per heavy atom. The van der Waals surface area contributed by atoms with E-state index in [9.17, 15) is 14.9 Å². The third-order valence-corrected chi connectivity index (χ3v) is 5.05. The van der Waals surface area contributed by atoms with E-state index >= 15 is 0 Å². The first-order valence-corrected chi connectivity index (χ1v) is 10.1. The summed E-state index contributed by atoms with van der Waals surface area (Å²) in [6, 6.07) is 11.2. The van der Waals surface area contributed by atoms with Crippen LogP contribution in [0.5, 0.6) is 5.75 Å². The SMILES string of the molecule is CCCn1c(C)cc(/C=C(\C#N)C(=O)OCC(=O)N(C)Cc2ccccc2OC)c1C. The summed E-state index contributed by atoms with van der Waals surface area (Å²) in [4.78, 5) is 26.2. The summed E-state index contributed by atoms with van der Waals surface area (Å²) in [6.45, 7) is 6.76. The van der Waals surface area contributed by atoms with Gasteiger partial charge in [-0.25, -0.2) is 4.79 Å². The number of likely N-dealkylation sites (N-methyl/N-ethyl adjacent to an activating group) is 1. The van der Waals surface area contributed by atoms with Crippen LogP contribution in [0.15, 0.2) is 35.9 Å². The fourth-order valence-electron chi connectivity index (χ4n) is 3.33. The van der Waals surface area contributed by atoms with Crippen molar-refractivity contribution in [1.29, 1.82) is 5.26 Å². The molecule has 1 aromatic heterocycles. The first-order chi connectivity index (χ1) is 14.8. The molecule has 1 aromatic carbocycles. The van der Waals surface area contributed by atoms with E-state index in [1.807, 2.05) is 50.2 Å². The lowest BCUT2D eigenvalue weighted by Crippen LogP contribution is -2.31. The van der Waals surface area contributed by atoms with E-state index in [2.05, 4.69) is 11.5 Å². The molecule has 0 fully saturated rings. The smallest absolute Gasteiger partial charge is 0.349 e. The van der Waals surface area contributed by atoms with Crippen LogP contribution in [0, 0.1) is 25.2 Å². The zero-order chi connectivity index (χ0) is 23.0. The molecule has 0 N–H and O–H groups in total. The molecule has 7 nitrogen and oxygen atoms in total. The van der Waals surface area contributed by atoms with Gasteiger partial charge in [0.2, 0.25) is 0 Å². The Morgan fingerprint density at radius 2 is 1.97 bits per heavy atom. The topological polar surface area (TPSA) is 84.6 Å². The average molecular weight is 424 g/mol. The van der Waals surface area contributed by atoms with Gasteiger partial charge in [0, 0.05) is 37.1 Å². The van der Waals surface area contributed by atoms with E-state index in [4.69, 9.17) is 9.47 Å². The third kappa shape index (κ3) is 5.98. The number of aryl methyl sites for hydroxylation is 1. The molecule has 2 rings (SSSR count). The van der Waals surface area contributed by atoms with Crippen LogP contribution in [-0.4, -0.2) is 42.1 Å². The van der Waals surface area contributed by atoms with E-state index in [0.717, 1.165) is 35.5 Å². The van der Waals surface area contributed by atoms with Crippen molar-refractivity contribution in [3.8, 4) is 11.8 Å². The molecule has 0 saturated heterocycles. The van der Waals surface area contributed by atoms with Crippen LogP contribution in [0.3, 0.4) is 0 Å². The van der Waals surface area contributed by atoms with Crippen LogP contribution in [0.1, 0.15) is 35.9 Å². The number of esters is 1. The number of hydrogen-bond donors (Lipinski definition) is 0. The molecule has 1 amide bonds. The quantitative estimate of drug-likeness (QED) is 0.349. The maximum Gasteiger partial charge on any atom is 0.349 e. The maximum atomic E-state index is 12.4. The number of amides is 1. The van der Waals surface area contributed by atoms with Crippen LogP contribution in [0.2, 0.25) is 0 Å². The third-order valence-electron chi connectivity index (χ3n) is 5.05. The summed E-state index contributed by atoms with van der Waals surface area (Å²) in [5.41, 5.74) is 3.53. The Morgan fingerprint density at radius 3 is 2.61 bits per heavy atom. The minimum absolute atomic E-state index is 0.142. The summed E-state index contributed by atoms with van der Waals surface area (Å²) < 4.78 is 12.5. The number of rotatable bonds is 9. The highest BCUT2D eigenvalue weighted by Crippen LogP contribution is 2.20. The molecule has 0 spiro atoms. The molecule has 0 bridgehead atoms. The lowest BCUT2D eigenvalue weighted by molar-refractivity contribution is -0.148. The second kappa shape index (κ2) is 11.0. The van der Waals surface area contributed by atoms with E-state index < -0.39 is 12.6 Å². The Hall–Kier alpha value is -3.53. The minimum atomic E-state index is -0.818. The van der Waals surface area contributed by atoms with Gasteiger partial charge in [-0.2, -0.15) is 5.26 Å². The summed E-state index contributed by atoms with van der Waals surface area (Å²) >= 11 is 0. The van der Waals surface area contributed by atoms with Gasteiger partial charge in [-0.05, 0) is 44.0 Å². The molecule has 0 aliphatic heterocycles. The number of carbonyl (C=O) groups excluding carboxylic acids is 2. The van der Waals surface area contributed by atoms with Crippen LogP contribution < -0.4 is 4.74 Å². The van der Waals surface area contributed by atoms with E-state index in [1.165, 1.54) is 11.0 Å². The molecule has 164 valence electrons. The number of benzene rings is 1. The number of carbonyl (C=O) groups is 2. The molecule has 7 heteroatoms. The molecule has 0 unspecified atom stereocenters. The van der Waals surface area contributed by atoms with Crippen LogP contribution in [0.25, 0.3) is 6.08 Å². The Labute approximate surface area is 183 Å². The lowest BCUT2D eigenvalue weighted by Gasteiger charge is -2.18. The van der Waals surface area contributed by atoms with Crippen LogP contribution in [0.4, 0.5) is 0 Å². The predicted molar refractivity (Wildman–Crippen MR) is 118 cm³/mol. The van der Waals surface area contributed by atoms with Gasteiger partial charge in [-0.3, -0.25) is 4.79 Å². The fourth-order valence-corrected chi connectivity index (χ4v) is 3.33. The highest BCUT2D eigenvalue weighted by molar-refractivity contribution is 5.99. The maximum absolute atomic E-state index is 12.4. The molecule has 0 atom stereocenters. The first kappa shape index (κ1) is 23.7. The lowest BCUT2D eigenvalue weighted by atomic mass is 10.1. The zero-order valence-corrected chi connectivity index (χ0v) is 18.8. The van der Waals surface area contributed by atoms with Gasteiger partial charge in [0.05, 0.1) is 7.11 Å². The van der Waals surface area contributed by atoms with Gasteiger partial charge in [0.1, 0.15) is 17.4 Å². The van der Waals surface area contributed by atoms with Gasteiger partial charge in [0.25, 0.3) is 5.91 Å². The molecule has 31 heavy (non-hydrogen) atoms. The number of para-hydroxylation sites is 1. The molecular formula is C24H29N3O4. The average Bonchev–Trinajstić information content (AvgIpc) is 3.03. The normalized spacial score (nSPS) is 11.0. The van der Waals surface area contributed by atoms with E-state index in [1.54, 1.807) is 14.2 Å². The zero-order valence-electron chi connectivity index (χ0n) is 18.8. The number of nitrogens with zero attached hydrogens (tertiary/aromatic N) is 3. The van der Waals surface area contributed by atoms with E-state index in [0.29, 0.717) is 12.3 Å². The molecule has 0 aliphatic carbocycles. The van der Waals surface area contributed by atoms with Crippen LogP contribution >= 0.6 is 0 Å². The molecule has 2 aromatic rings. The van der Waals surface area contributed by atoms with Crippen molar-refractivity contribution >= 4 is 18.0 Å². The monoisotopic (exact) mass is 423 g/mol. The first-order valence-electron chi connectivity index (χ1n) is 10.1. The fraction of sp³-hybridized carbons (Fsp3) is 0.375. The summed E-state index contributed by atoms with van der Waals surface area (Å²) in [6.07, 6.45) is 2.50. The number of hydrogen-bond acceptors (Lipinski definition) is 5. The Bertz CT molecular complexity index is 1010. The molecule has 0 aliphatic rings.